The van der Waals surface area contributed by atoms with Crippen LogP contribution in [0.2, 0.25) is 0 Å². The highest BCUT2D eigenvalue weighted by molar-refractivity contribution is 7.89. The smallest absolute Gasteiger partial charge is 0.223 e. The number of sulfonamides is 1. The molecule has 2 saturated carbocycles. The van der Waals surface area contributed by atoms with Gasteiger partial charge in [0.1, 0.15) is 0 Å². The molecule has 0 spiro atoms. The number of hydrogen-bond donors (Lipinski definition) is 1. The largest absolute Gasteiger partial charge is 0.353 e. The quantitative estimate of drug-likeness (QED) is 0.760. The van der Waals surface area contributed by atoms with Gasteiger partial charge in [-0.25, -0.2) is 12.7 Å². The summed E-state index contributed by atoms with van der Waals surface area (Å²) in [6.07, 6.45) is 7.72. The van der Waals surface area contributed by atoms with E-state index in [2.05, 4.69) is 5.32 Å². The maximum Gasteiger partial charge on any atom is 0.223 e. The molecule has 28 heavy (non-hydrogen) atoms. The summed E-state index contributed by atoms with van der Waals surface area (Å²) in [5.74, 6) is 1.80. The summed E-state index contributed by atoms with van der Waals surface area (Å²) in [5.41, 5.74) is 1.17. The lowest BCUT2D eigenvalue weighted by Gasteiger charge is -2.32. The lowest BCUT2D eigenvalue weighted by atomic mass is 9.93. The van der Waals surface area contributed by atoms with Gasteiger partial charge in [0, 0.05) is 25.0 Å². The molecular weight excluding hydrogens is 372 g/mol. The van der Waals surface area contributed by atoms with Crippen molar-refractivity contribution in [1.29, 1.82) is 0 Å². The summed E-state index contributed by atoms with van der Waals surface area (Å²) >= 11 is 0. The predicted molar refractivity (Wildman–Crippen MR) is 110 cm³/mol. The maximum absolute atomic E-state index is 12.6. The summed E-state index contributed by atoms with van der Waals surface area (Å²) in [6.45, 7) is 0.949. The number of benzene rings is 1. The van der Waals surface area contributed by atoms with Gasteiger partial charge in [0.15, 0.2) is 0 Å². The Morgan fingerprint density at radius 1 is 1.04 bits per heavy atom. The number of piperidine rings is 1. The van der Waals surface area contributed by atoms with Crippen LogP contribution in [-0.4, -0.2) is 43.5 Å². The fourth-order valence-electron chi connectivity index (χ4n) is 5.35. The van der Waals surface area contributed by atoms with Crippen LogP contribution in [0.3, 0.4) is 0 Å². The van der Waals surface area contributed by atoms with Crippen molar-refractivity contribution >= 4 is 15.9 Å². The molecule has 3 fully saturated rings. The van der Waals surface area contributed by atoms with Crippen molar-refractivity contribution < 1.29 is 13.2 Å². The number of fused-ring (bicyclic) bond motifs is 2. The van der Waals surface area contributed by atoms with E-state index in [9.17, 15) is 13.2 Å². The minimum atomic E-state index is -3.23. The van der Waals surface area contributed by atoms with Crippen LogP contribution in [0, 0.1) is 17.8 Å². The van der Waals surface area contributed by atoms with Gasteiger partial charge in [-0.3, -0.25) is 4.79 Å². The van der Waals surface area contributed by atoms with Crippen LogP contribution in [0.15, 0.2) is 30.3 Å². The molecule has 5 nitrogen and oxygen atoms in total. The molecule has 0 aromatic heterocycles. The highest BCUT2D eigenvalue weighted by Gasteiger charge is 2.41. The molecule has 1 saturated heterocycles. The number of hydrogen-bond acceptors (Lipinski definition) is 3. The number of rotatable bonds is 7. The van der Waals surface area contributed by atoms with Crippen molar-refractivity contribution in [3.63, 3.8) is 0 Å². The molecule has 154 valence electrons. The monoisotopic (exact) mass is 404 g/mol. The number of nitrogens with zero attached hydrogens (tertiary/aromatic N) is 1. The highest BCUT2D eigenvalue weighted by Crippen LogP contribution is 2.44. The second-order valence-corrected chi connectivity index (χ2v) is 11.0. The molecule has 1 aromatic carbocycles. The fourth-order valence-corrected chi connectivity index (χ4v) is 6.89. The van der Waals surface area contributed by atoms with Gasteiger partial charge in [0.25, 0.3) is 0 Å². The standard InChI is InChI=1S/C22H32N2O3S/c25-22(23-21-16-18-8-9-20(21)15-18)19-10-12-24(13-11-19)28(26,27)14-4-7-17-5-2-1-3-6-17/h1-3,5-6,18-21H,4,7-16H2,(H,23,25)/t18-,20+,21+/m0/s1. The second-order valence-electron chi connectivity index (χ2n) is 8.87. The number of nitrogens with one attached hydrogen (secondary N) is 1. The summed E-state index contributed by atoms with van der Waals surface area (Å²) in [7, 11) is -3.23. The molecule has 0 radical (unpaired) electrons. The molecule has 1 aliphatic heterocycles. The normalized spacial score (nSPS) is 28.5. The highest BCUT2D eigenvalue weighted by atomic mass is 32.2. The molecule has 2 bridgehead atoms. The van der Waals surface area contributed by atoms with E-state index in [4.69, 9.17) is 0 Å². The van der Waals surface area contributed by atoms with Crippen molar-refractivity contribution in [1.82, 2.24) is 9.62 Å². The van der Waals surface area contributed by atoms with Crippen LogP contribution in [-0.2, 0) is 21.2 Å². The molecular formula is C22H32N2O3S. The van der Waals surface area contributed by atoms with E-state index in [1.165, 1.54) is 24.8 Å². The van der Waals surface area contributed by atoms with E-state index in [-0.39, 0.29) is 17.6 Å². The van der Waals surface area contributed by atoms with Gasteiger partial charge >= 0.3 is 0 Å². The molecule has 0 unspecified atom stereocenters. The van der Waals surface area contributed by atoms with Crippen LogP contribution < -0.4 is 5.32 Å². The summed E-state index contributed by atoms with van der Waals surface area (Å²) in [4.78, 5) is 12.6. The first kappa shape index (κ1) is 19.9. The third-order valence-corrected chi connectivity index (χ3v) is 8.95. The van der Waals surface area contributed by atoms with Gasteiger partial charge in [-0.1, -0.05) is 36.8 Å². The van der Waals surface area contributed by atoms with Gasteiger partial charge in [0.2, 0.25) is 15.9 Å². The van der Waals surface area contributed by atoms with Gasteiger partial charge in [0.05, 0.1) is 5.75 Å². The SMILES string of the molecule is O=C(N[C@@H]1C[C@H]2CC[C@@H]1C2)C1CCN(S(=O)(=O)CCCc2ccccc2)CC1. The van der Waals surface area contributed by atoms with Crippen LogP contribution in [0.5, 0.6) is 0 Å². The first-order valence-electron chi connectivity index (χ1n) is 10.8. The Bertz CT molecular complexity index is 772. The zero-order valence-electron chi connectivity index (χ0n) is 16.6. The Labute approximate surface area is 168 Å². The van der Waals surface area contributed by atoms with E-state index < -0.39 is 10.0 Å². The van der Waals surface area contributed by atoms with Gasteiger partial charge < -0.3 is 5.32 Å². The fraction of sp³-hybridized carbons (Fsp3) is 0.682. The van der Waals surface area contributed by atoms with Crippen molar-refractivity contribution in [2.75, 3.05) is 18.8 Å². The molecule has 1 amide bonds. The topological polar surface area (TPSA) is 66.5 Å². The Morgan fingerprint density at radius 2 is 1.79 bits per heavy atom. The van der Waals surface area contributed by atoms with Crippen LogP contribution in [0.1, 0.15) is 50.5 Å². The Kier molecular flexibility index (Phi) is 6.07. The minimum Gasteiger partial charge on any atom is -0.353 e. The van der Waals surface area contributed by atoms with Crippen LogP contribution in [0.25, 0.3) is 0 Å². The van der Waals surface area contributed by atoms with Crippen LogP contribution in [0.4, 0.5) is 0 Å². The zero-order valence-corrected chi connectivity index (χ0v) is 17.4. The number of aryl methyl sites for hydroxylation is 1. The van der Waals surface area contributed by atoms with E-state index in [0.717, 1.165) is 18.8 Å². The minimum absolute atomic E-state index is 0.0325. The average molecular weight is 405 g/mol. The zero-order chi connectivity index (χ0) is 19.6. The van der Waals surface area contributed by atoms with E-state index in [0.29, 0.717) is 44.3 Å². The van der Waals surface area contributed by atoms with Gasteiger partial charge in [-0.2, -0.15) is 0 Å². The number of carbonyl (C=O) groups excluding carboxylic acids is 1. The summed E-state index contributed by atoms with van der Waals surface area (Å²) < 4.78 is 26.9. The summed E-state index contributed by atoms with van der Waals surface area (Å²) in [6, 6.07) is 10.4. The summed E-state index contributed by atoms with van der Waals surface area (Å²) in [5, 5.41) is 3.28. The first-order chi connectivity index (χ1) is 13.5. The molecule has 1 heterocycles. The Morgan fingerprint density at radius 3 is 2.43 bits per heavy atom. The number of carbonyl (C=O) groups is 1. The lowest BCUT2D eigenvalue weighted by molar-refractivity contribution is -0.127. The third-order valence-electron chi connectivity index (χ3n) is 6.99. The second kappa shape index (κ2) is 8.54. The van der Waals surface area contributed by atoms with Crippen molar-refractivity contribution in [3.8, 4) is 0 Å². The molecule has 1 N–H and O–H groups in total. The van der Waals surface area contributed by atoms with E-state index in [1.807, 2.05) is 30.3 Å². The van der Waals surface area contributed by atoms with E-state index in [1.54, 1.807) is 4.31 Å². The molecule has 3 aliphatic rings. The van der Waals surface area contributed by atoms with Gasteiger partial charge in [-0.05, 0) is 62.3 Å². The molecule has 1 aromatic rings. The Balaban J connectivity index is 1.21. The molecule has 4 rings (SSSR count). The van der Waals surface area contributed by atoms with Crippen molar-refractivity contribution in [2.24, 2.45) is 17.8 Å². The third kappa shape index (κ3) is 4.60. The molecule has 3 atom stereocenters. The van der Waals surface area contributed by atoms with Gasteiger partial charge in [-0.15, -0.1) is 0 Å². The predicted octanol–water partition coefficient (Wildman–Crippen LogP) is 2.97. The van der Waals surface area contributed by atoms with Crippen LogP contribution >= 0.6 is 0 Å². The maximum atomic E-state index is 12.6. The van der Waals surface area contributed by atoms with E-state index >= 15 is 0 Å². The molecule has 2 aliphatic carbocycles. The number of amides is 1. The average Bonchev–Trinajstić information content (AvgIpc) is 3.32. The van der Waals surface area contributed by atoms with Crippen molar-refractivity contribution in [3.05, 3.63) is 35.9 Å². The lowest BCUT2D eigenvalue weighted by Crippen LogP contribution is -2.46. The van der Waals surface area contributed by atoms with Crippen molar-refractivity contribution in [2.45, 2.75) is 57.4 Å². The first-order valence-corrected chi connectivity index (χ1v) is 12.4. The molecule has 6 heteroatoms. The Hall–Kier alpha value is -1.40.